The standard InChI is InChI=1S/C6H7.C2H7Si.Zr/c1-6-4-2-3-5-6;1-3-2;/h4-5H,2H2,1H3;3H,1-2H3;/q-1;;. The minimum absolute atomic E-state index is 0. The molecule has 0 bridgehead atoms. The third-order valence-corrected chi connectivity index (χ3v) is 0.872. The van der Waals surface area contributed by atoms with Gasteiger partial charge in [-0.05, 0) is 0 Å². The van der Waals surface area contributed by atoms with Gasteiger partial charge in [0.2, 0.25) is 0 Å². The van der Waals surface area contributed by atoms with Crippen LogP contribution in [-0.4, -0.2) is 9.52 Å². The van der Waals surface area contributed by atoms with Crippen molar-refractivity contribution in [1.29, 1.82) is 0 Å². The second kappa shape index (κ2) is 9.58. The van der Waals surface area contributed by atoms with E-state index in [0.717, 1.165) is 15.9 Å². The second-order valence-corrected chi connectivity index (χ2v) is 3.23. The Morgan fingerprint density at radius 1 is 1.50 bits per heavy atom. The van der Waals surface area contributed by atoms with Crippen molar-refractivity contribution in [3.63, 3.8) is 0 Å². The second-order valence-electron chi connectivity index (χ2n) is 2.08. The van der Waals surface area contributed by atoms with Gasteiger partial charge in [-0.15, -0.1) is 13.3 Å². The molecule has 0 N–H and O–H groups in total. The Hall–Kier alpha value is 0.580. The van der Waals surface area contributed by atoms with E-state index in [2.05, 4.69) is 32.2 Å². The Bertz CT molecular complexity index is 114. The minimum Gasteiger partial charge on any atom is -0.273 e. The minimum atomic E-state index is 0. The van der Waals surface area contributed by atoms with Crippen molar-refractivity contribution in [2.24, 2.45) is 0 Å². The first kappa shape index (κ1) is 13.2. The summed E-state index contributed by atoms with van der Waals surface area (Å²) in [6, 6.07) is 0. The van der Waals surface area contributed by atoms with Crippen molar-refractivity contribution in [3.05, 3.63) is 23.8 Å². The van der Waals surface area contributed by atoms with Gasteiger partial charge in [-0.3, -0.25) is 6.08 Å². The normalized spacial score (nSPS) is 12.9. The molecule has 2 heteroatoms. The fraction of sp³-hybridized carbons (Fsp3) is 0.500. The van der Waals surface area contributed by atoms with E-state index in [9.17, 15) is 0 Å². The van der Waals surface area contributed by atoms with Gasteiger partial charge in [0.25, 0.3) is 0 Å². The Morgan fingerprint density at radius 3 is 2.10 bits per heavy atom. The van der Waals surface area contributed by atoms with E-state index in [-0.39, 0.29) is 26.2 Å². The largest absolute Gasteiger partial charge is 0.273 e. The topological polar surface area (TPSA) is 0 Å². The van der Waals surface area contributed by atoms with Gasteiger partial charge in [0, 0.05) is 35.7 Å². The van der Waals surface area contributed by atoms with Gasteiger partial charge in [-0.25, -0.2) is 11.6 Å². The molecule has 0 spiro atoms. The molecule has 0 heterocycles. The smallest absolute Gasteiger partial charge is 0.0213 e. The van der Waals surface area contributed by atoms with Crippen LogP contribution in [0.4, 0.5) is 0 Å². The zero-order chi connectivity index (χ0) is 7.11. The molecule has 0 aliphatic heterocycles. The number of rotatable bonds is 0. The summed E-state index contributed by atoms with van der Waals surface area (Å²) < 4.78 is 0. The molecule has 10 heavy (non-hydrogen) atoms. The van der Waals surface area contributed by atoms with Crippen LogP contribution >= 0.6 is 0 Å². The van der Waals surface area contributed by atoms with Gasteiger partial charge >= 0.3 is 0 Å². The van der Waals surface area contributed by atoms with Crippen LogP contribution in [0.15, 0.2) is 17.7 Å². The van der Waals surface area contributed by atoms with Crippen molar-refractivity contribution in [2.75, 3.05) is 0 Å². The first-order valence-electron chi connectivity index (χ1n) is 3.28. The molecule has 1 aliphatic rings. The predicted octanol–water partition coefficient (Wildman–Crippen LogP) is 2.21. The molecule has 1 aliphatic carbocycles. The molecule has 0 saturated heterocycles. The van der Waals surface area contributed by atoms with Crippen molar-refractivity contribution >= 4 is 9.52 Å². The average Bonchev–Trinajstić information content (AvgIpc) is 2.20. The van der Waals surface area contributed by atoms with Crippen molar-refractivity contribution in [1.82, 2.24) is 0 Å². The molecule has 1 rings (SSSR count). The summed E-state index contributed by atoms with van der Waals surface area (Å²) in [6.07, 6.45) is 8.24. The molecule has 0 aromatic rings. The van der Waals surface area contributed by atoms with Crippen LogP contribution in [0.25, 0.3) is 0 Å². The molecule has 0 amide bonds. The van der Waals surface area contributed by atoms with Crippen LogP contribution in [0.3, 0.4) is 0 Å². The first-order valence-corrected chi connectivity index (χ1v) is 5.59. The molecule has 0 atom stereocenters. The van der Waals surface area contributed by atoms with Gasteiger partial charge in [0.05, 0.1) is 0 Å². The van der Waals surface area contributed by atoms with Gasteiger partial charge in [-0.1, -0.05) is 13.1 Å². The quantitative estimate of drug-likeness (QED) is 0.441. The summed E-state index contributed by atoms with van der Waals surface area (Å²) in [4.78, 5) is 0. The van der Waals surface area contributed by atoms with E-state index in [1.165, 1.54) is 5.57 Å². The van der Waals surface area contributed by atoms with Gasteiger partial charge in [0.1, 0.15) is 0 Å². The summed E-state index contributed by atoms with van der Waals surface area (Å²) in [5.41, 5.74) is 1.34. The number of hydrogen-bond acceptors (Lipinski definition) is 0. The molecule has 0 saturated carbocycles. The predicted molar refractivity (Wildman–Crippen MR) is 45.1 cm³/mol. The Labute approximate surface area is 85.7 Å². The summed E-state index contributed by atoms with van der Waals surface area (Å²) in [5.74, 6) is 0. The molecular weight excluding hydrogens is 215 g/mol. The van der Waals surface area contributed by atoms with E-state index in [1.54, 1.807) is 0 Å². The zero-order valence-corrected chi connectivity index (χ0v) is 10.6. The van der Waals surface area contributed by atoms with Crippen molar-refractivity contribution in [3.8, 4) is 0 Å². The van der Waals surface area contributed by atoms with Crippen LogP contribution in [0.2, 0.25) is 13.1 Å². The summed E-state index contributed by atoms with van der Waals surface area (Å²) in [6.45, 7) is 6.50. The van der Waals surface area contributed by atoms with Crippen LogP contribution in [-0.2, 0) is 26.2 Å². The van der Waals surface area contributed by atoms with Gasteiger partial charge in [0.15, 0.2) is 0 Å². The van der Waals surface area contributed by atoms with Crippen LogP contribution in [0.5, 0.6) is 0 Å². The summed E-state index contributed by atoms with van der Waals surface area (Å²) >= 11 is 0. The van der Waals surface area contributed by atoms with Crippen molar-refractivity contribution in [2.45, 2.75) is 26.4 Å². The van der Waals surface area contributed by atoms with E-state index < -0.39 is 0 Å². The Kier molecular flexibility index (Phi) is 12.6. The van der Waals surface area contributed by atoms with E-state index in [4.69, 9.17) is 0 Å². The molecule has 0 nitrogen and oxygen atoms in total. The molecule has 0 fully saturated rings. The first-order chi connectivity index (χ1) is 4.31. The fourth-order valence-corrected chi connectivity index (χ4v) is 0.499. The maximum atomic E-state index is 3.05. The zero-order valence-electron chi connectivity index (χ0n) is 6.94. The van der Waals surface area contributed by atoms with Crippen LogP contribution < -0.4 is 0 Å². The monoisotopic (exact) mass is 228 g/mol. The maximum absolute atomic E-state index is 3.05. The SMILES string of the molecule is CC1=CC[C-]=C1.C[SiH]C.[Zr]. The van der Waals surface area contributed by atoms with Crippen molar-refractivity contribution < 1.29 is 26.2 Å². The Balaban J connectivity index is 0. The number of allylic oxidation sites excluding steroid dienone is 4. The third kappa shape index (κ3) is 8.58. The van der Waals surface area contributed by atoms with E-state index in [0.29, 0.717) is 0 Å². The fourth-order valence-electron chi connectivity index (χ4n) is 0.499. The maximum Gasteiger partial charge on any atom is 0.0213 e. The third-order valence-electron chi connectivity index (χ3n) is 0.872. The average molecular weight is 230 g/mol. The van der Waals surface area contributed by atoms with Crippen LogP contribution in [0.1, 0.15) is 13.3 Å². The summed E-state index contributed by atoms with van der Waals surface area (Å²) in [5, 5.41) is 0. The molecule has 1 radical (unpaired) electrons. The van der Waals surface area contributed by atoms with Gasteiger partial charge < -0.3 is 0 Å². The molecule has 0 aromatic carbocycles. The Morgan fingerprint density at radius 2 is 2.00 bits per heavy atom. The molecular formula is C8H14SiZr-. The van der Waals surface area contributed by atoms with Crippen LogP contribution in [0, 0.1) is 6.08 Å². The van der Waals surface area contributed by atoms with E-state index in [1.807, 2.05) is 6.08 Å². The molecule has 55 valence electrons. The molecule has 0 aromatic heterocycles. The molecule has 0 unspecified atom stereocenters. The number of hydrogen-bond donors (Lipinski definition) is 0. The summed E-state index contributed by atoms with van der Waals surface area (Å²) in [7, 11) is 0.750. The van der Waals surface area contributed by atoms with Gasteiger partial charge in [-0.2, -0.15) is 6.08 Å². The van der Waals surface area contributed by atoms with E-state index >= 15 is 0 Å².